The number of carbonyl (C=O) groups excluding carboxylic acids is 1. The van der Waals surface area contributed by atoms with Gasteiger partial charge in [-0.15, -0.1) is 0 Å². The molecule has 1 aliphatic heterocycles. The molecule has 2 rings (SSSR count). The Bertz CT molecular complexity index is 499. The molecule has 0 spiro atoms. The number of likely N-dealkylation sites (tertiary alicyclic amines) is 1. The van der Waals surface area contributed by atoms with Gasteiger partial charge in [-0.05, 0) is 45.7 Å². The molecule has 6 heteroatoms. The van der Waals surface area contributed by atoms with E-state index >= 15 is 0 Å². The first-order valence-electron chi connectivity index (χ1n) is 7.14. The topological polar surface area (TPSA) is 71.9 Å². The molecular formula is C15H22N2O4. The van der Waals surface area contributed by atoms with Crippen molar-refractivity contribution < 1.29 is 19.4 Å². The van der Waals surface area contributed by atoms with E-state index in [0.29, 0.717) is 13.1 Å². The lowest BCUT2D eigenvalue weighted by atomic mass is 10.1. The fraction of sp³-hybridized carbons (Fsp3) is 0.600. The number of hydrogen-bond acceptors (Lipinski definition) is 5. The number of ether oxygens (including phenoxy) is 2. The predicted octanol–water partition coefficient (Wildman–Crippen LogP) is 2.57. The summed E-state index contributed by atoms with van der Waals surface area (Å²) in [4.78, 5) is 17.7. The Morgan fingerprint density at radius 1 is 1.48 bits per heavy atom. The van der Waals surface area contributed by atoms with Crippen LogP contribution in [0.1, 0.15) is 33.6 Å². The summed E-state index contributed by atoms with van der Waals surface area (Å²) in [5.74, 6) is 0.209. The highest BCUT2D eigenvalue weighted by Crippen LogP contribution is 2.25. The molecule has 0 unspecified atom stereocenters. The molecule has 1 fully saturated rings. The number of aromatic nitrogens is 1. The van der Waals surface area contributed by atoms with E-state index in [0.717, 1.165) is 12.8 Å². The highest BCUT2D eigenvalue weighted by molar-refractivity contribution is 5.68. The van der Waals surface area contributed by atoms with Crippen LogP contribution in [0.15, 0.2) is 18.3 Å². The van der Waals surface area contributed by atoms with Crippen LogP contribution in [0.2, 0.25) is 0 Å². The number of rotatable bonds is 2. The number of piperidine rings is 1. The van der Waals surface area contributed by atoms with Crippen molar-refractivity contribution in [3.63, 3.8) is 0 Å². The SMILES string of the molecule is CC(C)(C)OC(=O)N1CCC[C@H](Oc2ncccc2O)C1. The van der Waals surface area contributed by atoms with Crippen LogP contribution in [0.5, 0.6) is 11.6 Å². The number of hydrogen-bond donors (Lipinski definition) is 1. The molecule has 1 N–H and O–H groups in total. The Balaban J connectivity index is 1.95. The minimum atomic E-state index is -0.510. The Morgan fingerprint density at radius 2 is 2.24 bits per heavy atom. The standard InChI is InChI=1S/C15H22N2O4/c1-15(2,3)21-14(19)17-9-5-6-11(10-17)20-13-12(18)7-4-8-16-13/h4,7-8,11,18H,5-6,9-10H2,1-3H3/t11-/m0/s1. The Morgan fingerprint density at radius 3 is 2.90 bits per heavy atom. The van der Waals surface area contributed by atoms with E-state index in [2.05, 4.69) is 4.98 Å². The molecule has 0 aromatic carbocycles. The smallest absolute Gasteiger partial charge is 0.410 e. The van der Waals surface area contributed by atoms with Gasteiger partial charge in [0, 0.05) is 12.7 Å². The van der Waals surface area contributed by atoms with Gasteiger partial charge in [-0.25, -0.2) is 9.78 Å². The molecule has 1 atom stereocenters. The largest absolute Gasteiger partial charge is 0.503 e. The summed E-state index contributed by atoms with van der Waals surface area (Å²) in [5, 5.41) is 9.68. The lowest BCUT2D eigenvalue weighted by Crippen LogP contribution is -2.46. The molecule has 0 bridgehead atoms. The predicted molar refractivity (Wildman–Crippen MR) is 77.4 cm³/mol. The van der Waals surface area contributed by atoms with Gasteiger partial charge in [0.25, 0.3) is 5.88 Å². The van der Waals surface area contributed by atoms with Crippen LogP contribution in [0, 0.1) is 0 Å². The van der Waals surface area contributed by atoms with E-state index < -0.39 is 5.60 Å². The first-order valence-corrected chi connectivity index (χ1v) is 7.14. The summed E-state index contributed by atoms with van der Waals surface area (Å²) in [6, 6.07) is 3.16. The highest BCUT2D eigenvalue weighted by atomic mass is 16.6. The summed E-state index contributed by atoms with van der Waals surface area (Å²) in [6.07, 6.45) is 2.68. The van der Waals surface area contributed by atoms with Crippen LogP contribution in [0.4, 0.5) is 4.79 Å². The molecule has 0 radical (unpaired) electrons. The van der Waals surface area contributed by atoms with Gasteiger partial charge in [0.2, 0.25) is 0 Å². The van der Waals surface area contributed by atoms with Crippen molar-refractivity contribution in [3.8, 4) is 11.6 Å². The zero-order valence-corrected chi connectivity index (χ0v) is 12.7. The molecule has 1 aliphatic rings. The van der Waals surface area contributed by atoms with Gasteiger partial charge in [-0.3, -0.25) is 0 Å². The number of aromatic hydroxyl groups is 1. The number of pyridine rings is 1. The summed E-state index contributed by atoms with van der Waals surface area (Å²) >= 11 is 0. The van der Waals surface area contributed by atoms with Crippen LogP contribution in [-0.2, 0) is 4.74 Å². The maximum absolute atomic E-state index is 12.1. The molecule has 2 heterocycles. The lowest BCUT2D eigenvalue weighted by molar-refractivity contribution is 0.00696. The zero-order chi connectivity index (χ0) is 15.5. The molecule has 6 nitrogen and oxygen atoms in total. The molecule has 0 saturated carbocycles. The van der Waals surface area contributed by atoms with Crippen molar-refractivity contribution in [2.24, 2.45) is 0 Å². The van der Waals surface area contributed by atoms with Crippen LogP contribution < -0.4 is 4.74 Å². The molecule has 1 aromatic rings. The van der Waals surface area contributed by atoms with Gasteiger partial charge in [-0.1, -0.05) is 0 Å². The summed E-state index contributed by atoms with van der Waals surface area (Å²) < 4.78 is 11.1. The highest BCUT2D eigenvalue weighted by Gasteiger charge is 2.29. The molecule has 1 amide bonds. The third kappa shape index (κ3) is 4.51. The van der Waals surface area contributed by atoms with Crippen molar-refractivity contribution in [2.45, 2.75) is 45.3 Å². The zero-order valence-electron chi connectivity index (χ0n) is 12.7. The van der Waals surface area contributed by atoms with Gasteiger partial charge in [0.05, 0.1) is 6.54 Å². The van der Waals surface area contributed by atoms with Crippen molar-refractivity contribution in [3.05, 3.63) is 18.3 Å². The molecule has 1 saturated heterocycles. The second kappa shape index (κ2) is 6.20. The molecule has 0 aliphatic carbocycles. The van der Waals surface area contributed by atoms with Crippen LogP contribution in [0.25, 0.3) is 0 Å². The second-order valence-electron chi connectivity index (χ2n) is 6.14. The molecule has 21 heavy (non-hydrogen) atoms. The number of carbonyl (C=O) groups is 1. The van der Waals surface area contributed by atoms with Crippen molar-refractivity contribution >= 4 is 6.09 Å². The van der Waals surface area contributed by atoms with E-state index in [9.17, 15) is 9.90 Å². The average Bonchev–Trinajstić information content (AvgIpc) is 2.40. The van der Waals surface area contributed by atoms with Crippen molar-refractivity contribution in [1.29, 1.82) is 0 Å². The van der Waals surface area contributed by atoms with Crippen molar-refractivity contribution in [2.75, 3.05) is 13.1 Å². The van der Waals surface area contributed by atoms with Crippen molar-refractivity contribution in [1.82, 2.24) is 9.88 Å². The quantitative estimate of drug-likeness (QED) is 0.907. The average molecular weight is 294 g/mol. The fourth-order valence-corrected chi connectivity index (χ4v) is 2.16. The van der Waals surface area contributed by atoms with E-state index in [1.165, 1.54) is 6.07 Å². The van der Waals surface area contributed by atoms with Gasteiger partial charge >= 0.3 is 6.09 Å². The van der Waals surface area contributed by atoms with Gasteiger partial charge < -0.3 is 19.5 Å². The third-order valence-electron chi connectivity index (χ3n) is 3.06. The van der Waals surface area contributed by atoms with Gasteiger partial charge in [-0.2, -0.15) is 0 Å². The van der Waals surface area contributed by atoms with Crippen LogP contribution in [-0.4, -0.2) is 45.9 Å². The summed E-state index contributed by atoms with van der Waals surface area (Å²) in [5.41, 5.74) is -0.510. The van der Waals surface area contributed by atoms with Gasteiger partial charge in [0.1, 0.15) is 11.7 Å². The van der Waals surface area contributed by atoms with Gasteiger partial charge in [0.15, 0.2) is 5.75 Å². The Labute approximate surface area is 124 Å². The molecule has 1 aromatic heterocycles. The van der Waals surface area contributed by atoms with Crippen LogP contribution >= 0.6 is 0 Å². The van der Waals surface area contributed by atoms with E-state index in [-0.39, 0.29) is 23.8 Å². The maximum Gasteiger partial charge on any atom is 0.410 e. The number of amides is 1. The summed E-state index contributed by atoms with van der Waals surface area (Å²) in [6.45, 7) is 6.62. The van der Waals surface area contributed by atoms with E-state index in [1.807, 2.05) is 20.8 Å². The van der Waals surface area contributed by atoms with Crippen LogP contribution in [0.3, 0.4) is 0 Å². The first kappa shape index (κ1) is 15.4. The van der Waals surface area contributed by atoms with E-state index in [4.69, 9.17) is 9.47 Å². The number of nitrogens with zero attached hydrogens (tertiary/aromatic N) is 2. The fourth-order valence-electron chi connectivity index (χ4n) is 2.16. The second-order valence-corrected chi connectivity index (χ2v) is 6.14. The molecular weight excluding hydrogens is 272 g/mol. The minimum absolute atomic E-state index is 0.00638. The third-order valence-corrected chi connectivity index (χ3v) is 3.06. The Hall–Kier alpha value is -1.98. The monoisotopic (exact) mass is 294 g/mol. The van der Waals surface area contributed by atoms with E-state index in [1.54, 1.807) is 17.2 Å². The minimum Gasteiger partial charge on any atom is -0.503 e. The Kier molecular flexibility index (Phi) is 4.55. The first-order chi connectivity index (χ1) is 9.85. The molecule has 116 valence electrons. The normalized spacial score (nSPS) is 19.2. The maximum atomic E-state index is 12.1. The summed E-state index contributed by atoms with van der Waals surface area (Å²) in [7, 11) is 0. The lowest BCUT2D eigenvalue weighted by Gasteiger charge is -2.33.